The molecule has 1 fully saturated rings. The molecule has 4 rings (SSSR count). The Morgan fingerprint density at radius 2 is 1.80 bits per heavy atom. The number of piperidine rings is 1. The smallest absolute Gasteiger partial charge is 0.307 e. The second-order valence-corrected chi connectivity index (χ2v) is 10.4. The molecule has 0 bridgehead atoms. The summed E-state index contributed by atoms with van der Waals surface area (Å²) in [6, 6.07) is 9.95. The van der Waals surface area contributed by atoms with Crippen LogP contribution >= 0.6 is 11.3 Å². The number of nitrogens with one attached hydrogen (secondary N) is 1. The van der Waals surface area contributed by atoms with Crippen molar-refractivity contribution in [3.8, 4) is 0 Å². The van der Waals surface area contributed by atoms with Gasteiger partial charge in [0, 0.05) is 31.4 Å². The average molecular weight is 446 g/mol. The number of aromatic nitrogens is 1. The van der Waals surface area contributed by atoms with Gasteiger partial charge in [-0.25, -0.2) is 8.42 Å². The number of thiazole rings is 1. The van der Waals surface area contributed by atoms with E-state index in [1.807, 2.05) is 0 Å². The Balaban J connectivity index is 1.62. The third kappa shape index (κ3) is 3.80. The monoisotopic (exact) mass is 445 g/mol. The van der Waals surface area contributed by atoms with Gasteiger partial charge in [-0.15, -0.1) is 0 Å². The van der Waals surface area contributed by atoms with Crippen LogP contribution in [0.25, 0.3) is 10.2 Å². The van der Waals surface area contributed by atoms with Crippen LogP contribution in [0.15, 0.2) is 46.1 Å². The molecular weight excluding hydrogens is 422 g/mol. The number of anilines is 1. The van der Waals surface area contributed by atoms with Gasteiger partial charge in [0.1, 0.15) is 0 Å². The van der Waals surface area contributed by atoms with Crippen LogP contribution in [0, 0.1) is 6.92 Å². The van der Waals surface area contributed by atoms with Crippen LogP contribution in [0.5, 0.6) is 0 Å². The van der Waals surface area contributed by atoms with E-state index in [-0.39, 0.29) is 15.7 Å². The lowest BCUT2D eigenvalue weighted by Gasteiger charge is -2.26. The second kappa shape index (κ2) is 7.98. The Morgan fingerprint density at radius 3 is 2.53 bits per heavy atom. The van der Waals surface area contributed by atoms with Crippen molar-refractivity contribution in [2.45, 2.75) is 31.1 Å². The van der Waals surface area contributed by atoms with Gasteiger partial charge in [0.2, 0.25) is 10.0 Å². The summed E-state index contributed by atoms with van der Waals surface area (Å²) in [5.74, 6) is -0.383. The molecule has 1 aliphatic heterocycles. The predicted molar refractivity (Wildman–Crippen MR) is 119 cm³/mol. The van der Waals surface area contributed by atoms with Crippen molar-refractivity contribution in [3.63, 3.8) is 0 Å². The summed E-state index contributed by atoms with van der Waals surface area (Å²) in [5.41, 5.74) is 2.36. The Kier molecular flexibility index (Phi) is 5.52. The van der Waals surface area contributed by atoms with Crippen LogP contribution < -0.4 is 10.2 Å². The lowest BCUT2D eigenvalue weighted by Crippen LogP contribution is -2.35. The second-order valence-electron chi connectivity index (χ2n) is 7.51. The zero-order valence-electron chi connectivity index (χ0n) is 16.8. The van der Waals surface area contributed by atoms with Crippen LogP contribution in [0.2, 0.25) is 0 Å². The molecule has 30 heavy (non-hydrogen) atoms. The highest BCUT2D eigenvalue weighted by Crippen LogP contribution is 2.25. The van der Waals surface area contributed by atoms with Crippen molar-refractivity contribution in [2.24, 2.45) is 7.05 Å². The minimum Gasteiger partial charge on any atom is -0.322 e. The first-order valence-corrected chi connectivity index (χ1v) is 12.0. The molecule has 1 saturated heterocycles. The molecule has 1 aliphatic rings. The molecule has 0 radical (unpaired) electrons. The molecule has 158 valence electrons. The molecule has 2 heterocycles. The number of rotatable bonds is 4. The van der Waals surface area contributed by atoms with Gasteiger partial charge < -0.3 is 9.88 Å². The van der Waals surface area contributed by atoms with Crippen molar-refractivity contribution in [3.05, 3.63) is 57.2 Å². The molecule has 0 saturated carbocycles. The van der Waals surface area contributed by atoms with Crippen LogP contribution in [-0.4, -0.2) is 36.3 Å². The third-order valence-electron chi connectivity index (χ3n) is 5.46. The molecule has 0 spiro atoms. The minimum atomic E-state index is -3.62. The van der Waals surface area contributed by atoms with E-state index in [0.717, 1.165) is 40.8 Å². The lowest BCUT2D eigenvalue weighted by atomic mass is 10.1. The number of amides is 1. The molecule has 1 N–H and O–H groups in total. The molecule has 1 amide bonds. The van der Waals surface area contributed by atoms with E-state index in [4.69, 9.17) is 0 Å². The molecule has 0 aliphatic carbocycles. The number of aryl methyl sites for hydroxylation is 2. The van der Waals surface area contributed by atoms with Crippen molar-refractivity contribution >= 4 is 43.2 Å². The number of hydrogen-bond acceptors (Lipinski definition) is 5. The number of sulfonamides is 1. The maximum Gasteiger partial charge on any atom is 0.307 e. The molecule has 0 unspecified atom stereocenters. The van der Waals surface area contributed by atoms with Crippen LogP contribution in [-0.2, 0) is 17.1 Å². The van der Waals surface area contributed by atoms with Crippen LogP contribution in [0.3, 0.4) is 0 Å². The van der Waals surface area contributed by atoms with Gasteiger partial charge in [-0.05, 0) is 55.7 Å². The van der Waals surface area contributed by atoms with Crippen molar-refractivity contribution in [1.29, 1.82) is 0 Å². The Bertz CT molecular complexity index is 1290. The predicted octanol–water partition coefficient (Wildman–Crippen LogP) is 3.34. The number of carbonyl (C=O) groups excluding carboxylic acids is 1. The van der Waals surface area contributed by atoms with Gasteiger partial charge in [0.25, 0.3) is 5.91 Å². The van der Waals surface area contributed by atoms with E-state index in [2.05, 4.69) is 5.32 Å². The fraction of sp³-hybridized carbons (Fsp3) is 0.333. The molecular formula is C21H23N3O4S2. The molecule has 9 heteroatoms. The SMILES string of the molecule is Cc1ccc(S(=O)(=O)N2CCCCC2)cc1C(=O)Nc1ccc2c(c1)sc(=O)n2C. The lowest BCUT2D eigenvalue weighted by molar-refractivity contribution is 0.102. The Hall–Kier alpha value is -2.49. The molecule has 2 aromatic carbocycles. The number of hydrogen-bond donors (Lipinski definition) is 1. The topological polar surface area (TPSA) is 88.5 Å². The van der Waals surface area contributed by atoms with Gasteiger partial charge in [-0.2, -0.15) is 4.31 Å². The summed E-state index contributed by atoms with van der Waals surface area (Å²) in [6.07, 6.45) is 2.74. The zero-order chi connectivity index (χ0) is 21.5. The highest BCUT2D eigenvalue weighted by molar-refractivity contribution is 7.89. The van der Waals surface area contributed by atoms with E-state index in [1.165, 1.54) is 10.4 Å². The molecule has 3 aromatic rings. The number of nitrogens with zero attached hydrogens (tertiary/aromatic N) is 2. The Labute approximate surface area is 179 Å². The maximum absolute atomic E-state index is 13.0. The van der Waals surface area contributed by atoms with Gasteiger partial charge >= 0.3 is 4.87 Å². The molecule has 7 nitrogen and oxygen atoms in total. The van der Waals surface area contributed by atoms with E-state index < -0.39 is 10.0 Å². The Morgan fingerprint density at radius 1 is 1.07 bits per heavy atom. The summed E-state index contributed by atoms with van der Waals surface area (Å²) in [5, 5.41) is 2.83. The summed E-state index contributed by atoms with van der Waals surface area (Å²) in [7, 11) is -1.92. The van der Waals surface area contributed by atoms with Crippen molar-refractivity contribution in [2.75, 3.05) is 18.4 Å². The fourth-order valence-corrected chi connectivity index (χ4v) is 6.13. The number of fused-ring (bicyclic) bond motifs is 1. The summed E-state index contributed by atoms with van der Waals surface area (Å²) < 4.78 is 29.8. The van der Waals surface area contributed by atoms with E-state index in [9.17, 15) is 18.0 Å². The first kappa shape index (κ1) is 20.8. The minimum absolute atomic E-state index is 0.0695. The zero-order valence-corrected chi connectivity index (χ0v) is 18.5. The van der Waals surface area contributed by atoms with E-state index in [1.54, 1.807) is 48.9 Å². The van der Waals surface area contributed by atoms with Gasteiger partial charge in [-0.1, -0.05) is 23.8 Å². The number of benzene rings is 2. The summed E-state index contributed by atoms with van der Waals surface area (Å²) in [4.78, 5) is 24.8. The van der Waals surface area contributed by atoms with Crippen molar-refractivity contribution < 1.29 is 13.2 Å². The van der Waals surface area contributed by atoms with Gasteiger partial charge in [0.05, 0.1) is 15.1 Å². The standard InChI is InChI=1S/C21H23N3O4S2/c1-14-6-8-16(30(27,28)24-10-4-3-5-11-24)13-17(14)20(25)22-15-7-9-18-19(12-15)29-21(26)23(18)2/h6-9,12-13H,3-5,10-11H2,1-2H3,(H,22,25). The first-order valence-electron chi connectivity index (χ1n) is 9.79. The fourth-order valence-electron chi connectivity index (χ4n) is 3.67. The third-order valence-corrected chi connectivity index (χ3v) is 8.35. The quantitative estimate of drug-likeness (QED) is 0.667. The van der Waals surface area contributed by atoms with Crippen LogP contribution in [0.4, 0.5) is 5.69 Å². The molecule has 1 aromatic heterocycles. The van der Waals surface area contributed by atoms with E-state index in [0.29, 0.717) is 29.9 Å². The largest absolute Gasteiger partial charge is 0.322 e. The van der Waals surface area contributed by atoms with E-state index >= 15 is 0 Å². The van der Waals surface area contributed by atoms with Crippen LogP contribution in [0.1, 0.15) is 35.2 Å². The normalized spacial score (nSPS) is 15.4. The average Bonchev–Trinajstić information content (AvgIpc) is 3.02. The van der Waals surface area contributed by atoms with Crippen molar-refractivity contribution in [1.82, 2.24) is 8.87 Å². The molecule has 0 atom stereocenters. The highest BCUT2D eigenvalue weighted by atomic mass is 32.2. The van der Waals surface area contributed by atoms with Gasteiger partial charge in [0.15, 0.2) is 0 Å². The first-order chi connectivity index (χ1) is 14.3. The van der Waals surface area contributed by atoms with Gasteiger partial charge in [-0.3, -0.25) is 9.59 Å². The number of carbonyl (C=O) groups is 1. The highest BCUT2D eigenvalue weighted by Gasteiger charge is 2.27. The summed E-state index contributed by atoms with van der Waals surface area (Å²) in [6.45, 7) is 2.80. The maximum atomic E-state index is 13.0. The summed E-state index contributed by atoms with van der Waals surface area (Å²) >= 11 is 1.11.